The van der Waals surface area contributed by atoms with Gasteiger partial charge in [0.05, 0.1) is 13.0 Å². The fraction of sp³-hybridized carbons (Fsp3) is 0.235. The van der Waals surface area contributed by atoms with E-state index in [9.17, 15) is 14.4 Å². The van der Waals surface area contributed by atoms with E-state index in [0.29, 0.717) is 5.69 Å². The number of carboxylic acid groups (broad SMARTS) is 1. The number of ether oxygens (including phenoxy) is 1. The van der Waals surface area contributed by atoms with E-state index >= 15 is 0 Å². The Morgan fingerprint density at radius 3 is 2.58 bits per heavy atom. The number of carbonyl (C=O) groups is 2. The van der Waals surface area contributed by atoms with Gasteiger partial charge in [0.25, 0.3) is 0 Å². The normalized spacial score (nSPS) is 10.2. The first-order valence-corrected chi connectivity index (χ1v) is 7.41. The number of aliphatic carboxylic acids is 1. The number of rotatable bonds is 8. The molecule has 1 aromatic heterocycles. The van der Waals surface area contributed by atoms with Crippen molar-refractivity contribution in [1.29, 1.82) is 0 Å². The molecule has 0 fully saturated rings. The molecule has 0 saturated heterocycles. The van der Waals surface area contributed by atoms with E-state index in [1.165, 1.54) is 12.3 Å². The lowest BCUT2D eigenvalue weighted by atomic mass is 10.2. The maximum Gasteiger partial charge on any atom is 0.303 e. The number of benzene rings is 1. The first kappa shape index (κ1) is 17.3. The number of nitrogens with one attached hydrogen (secondary N) is 2. The molecule has 0 spiro atoms. The summed E-state index contributed by atoms with van der Waals surface area (Å²) < 4.78 is 5.47. The molecule has 0 aliphatic heterocycles. The molecular weight excluding hydrogens is 312 g/mol. The molecule has 0 atom stereocenters. The Hall–Kier alpha value is -3.09. The van der Waals surface area contributed by atoms with Crippen molar-refractivity contribution in [3.05, 3.63) is 64.1 Å². The van der Waals surface area contributed by atoms with Gasteiger partial charge < -0.3 is 20.1 Å². The highest BCUT2D eigenvalue weighted by Crippen LogP contribution is 2.07. The van der Waals surface area contributed by atoms with Gasteiger partial charge >= 0.3 is 5.97 Å². The number of pyridine rings is 1. The largest absolute Gasteiger partial charge is 0.483 e. The van der Waals surface area contributed by atoms with Crippen LogP contribution in [0.25, 0.3) is 0 Å². The number of aromatic amines is 1. The van der Waals surface area contributed by atoms with Crippen molar-refractivity contribution in [2.24, 2.45) is 0 Å². The first-order chi connectivity index (χ1) is 11.5. The van der Waals surface area contributed by atoms with Gasteiger partial charge in [0, 0.05) is 24.4 Å². The van der Waals surface area contributed by atoms with Gasteiger partial charge in [0.1, 0.15) is 6.61 Å². The molecule has 0 aliphatic rings. The van der Waals surface area contributed by atoms with Crippen molar-refractivity contribution in [2.45, 2.75) is 26.0 Å². The number of amides is 1. The number of carbonyl (C=O) groups excluding carboxylic acids is 1. The molecule has 2 rings (SSSR count). The van der Waals surface area contributed by atoms with E-state index in [1.807, 2.05) is 30.3 Å². The van der Waals surface area contributed by atoms with Gasteiger partial charge in [0.15, 0.2) is 5.75 Å². The van der Waals surface area contributed by atoms with Gasteiger partial charge in [0.2, 0.25) is 11.3 Å². The third-order valence-electron chi connectivity index (χ3n) is 3.22. The maximum absolute atomic E-state index is 12.0. The average molecular weight is 330 g/mol. The lowest BCUT2D eigenvalue weighted by molar-refractivity contribution is -0.138. The van der Waals surface area contributed by atoms with Gasteiger partial charge in [-0.15, -0.1) is 0 Å². The van der Waals surface area contributed by atoms with Crippen molar-refractivity contribution in [2.75, 3.05) is 0 Å². The Bertz CT molecular complexity index is 755. The van der Waals surface area contributed by atoms with E-state index in [-0.39, 0.29) is 43.1 Å². The van der Waals surface area contributed by atoms with E-state index in [2.05, 4.69) is 10.3 Å². The summed E-state index contributed by atoms with van der Waals surface area (Å²) in [5.74, 6) is -1.22. The number of hydrogen-bond donors (Lipinski definition) is 3. The van der Waals surface area contributed by atoms with Crippen LogP contribution in [0.15, 0.2) is 47.4 Å². The van der Waals surface area contributed by atoms with Crippen LogP contribution in [0.2, 0.25) is 0 Å². The second kappa shape index (κ2) is 8.52. The van der Waals surface area contributed by atoms with Crippen molar-refractivity contribution in [3.8, 4) is 5.75 Å². The molecule has 0 aliphatic carbocycles. The molecule has 126 valence electrons. The number of carboxylic acids is 1. The predicted molar refractivity (Wildman–Crippen MR) is 86.6 cm³/mol. The Labute approximate surface area is 138 Å². The van der Waals surface area contributed by atoms with Gasteiger partial charge in [-0.25, -0.2) is 0 Å². The van der Waals surface area contributed by atoms with Crippen LogP contribution < -0.4 is 15.5 Å². The Balaban J connectivity index is 1.86. The summed E-state index contributed by atoms with van der Waals surface area (Å²) in [4.78, 5) is 36.7. The predicted octanol–water partition coefficient (Wildman–Crippen LogP) is 1.43. The Morgan fingerprint density at radius 1 is 1.17 bits per heavy atom. The first-order valence-electron chi connectivity index (χ1n) is 7.41. The summed E-state index contributed by atoms with van der Waals surface area (Å²) >= 11 is 0. The fourth-order valence-electron chi connectivity index (χ4n) is 1.95. The minimum Gasteiger partial charge on any atom is -0.483 e. The molecule has 24 heavy (non-hydrogen) atoms. The average Bonchev–Trinajstić information content (AvgIpc) is 2.58. The summed E-state index contributed by atoms with van der Waals surface area (Å²) in [5, 5.41) is 11.1. The topological polar surface area (TPSA) is 108 Å². The Kier molecular flexibility index (Phi) is 6.13. The second-order valence-electron chi connectivity index (χ2n) is 5.13. The summed E-state index contributed by atoms with van der Waals surface area (Å²) in [5.41, 5.74) is 1.17. The highest BCUT2D eigenvalue weighted by Gasteiger charge is 2.07. The van der Waals surface area contributed by atoms with E-state index in [1.54, 1.807) is 0 Å². The van der Waals surface area contributed by atoms with Gasteiger partial charge in [-0.05, 0) is 5.56 Å². The molecule has 0 bridgehead atoms. The summed E-state index contributed by atoms with van der Waals surface area (Å²) in [6.07, 6.45) is 1.12. The standard InChI is InChI=1S/C17H18N2O5/c20-14-8-13(9-19-16(21)6-7-17(22)23)18-10-15(14)24-11-12-4-2-1-3-5-12/h1-5,8,10H,6-7,9,11H2,(H,18,20)(H,19,21)(H,22,23). The SMILES string of the molecule is O=C(O)CCC(=O)NCc1cc(=O)c(OCc2ccccc2)c[nH]1. The zero-order chi connectivity index (χ0) is 17.4. The molecule has 1 amide bonds. The van der Waals surface area contributed by atoms with E-state index in [0.717, 1.165) is 5.56 Å². The quantitative estimate of drug-likeness (QED) is 0.678. The van der Waals surface area contributed by atoms with Crippen LogP contribution in [0.3, 0.4) is 0 Å². The minimum atomic E-state index is -1.03. The van der Waals surface area contributed by atoms with Crippen molar-refractivity contribution < 1.29 is 19.4 Å². The highest BCUT2D eigenvalue weighted by molar-refractivity contribution is 5.80. The Morgan fingerprint density at radius 2 is 1.92 bits per heavy atom. The monoisotopic (exact) mass is 330 g/mol. The van der Waals surface area contributed by atoms with Crippen LogP contribution >= 0.6 is 0 Å². The summed E-state index contributed by atoms with van der Waals surface area (Å²) in [6.45, 7) is 0.405. The van der Waals surface area contributed by atoms with Gasteiger partial charge in [-0.1, -0.05) is 30.3 Å². The van der Waals surface area contributed by atoms with Gasteiger partial charge in [-0.2, -0.15) is 0 Å². The van der Waals surface area contributed by atoms with Crippen molar-refractivity contribution in [1.82, 2.24) is 10.3 Å². The molecule has 0 saturated carbocycles. The molecule has 0 radical (unpaired) electrons. The molecule has 1 heterocycles. The van der Waals surface area contributed by atoms with Crippen LogP contribution in [-0.4, -0.2) is 22.0 Å². The maximum atomic E-state index is 12.0. The molecule has 0 unspecified atom stereocenters. The minimum absolute atomic E-state index is 0.0994. The van der Waals surface area contributed by atoms with Crippen molar-refractivity contribution in [3.63, 3.8) is 0 Å². The molecule has 3 N–H and O–H groups in total. The third kappa shape index (κ3) is 5.60. The lowest BCUT2D eigenvalue weighted by Gasteiger charge is -2.08. The van der Waals surface area contributed by atoms with Gasteiger partial charge in [-0.3, -0.25) is 14.4 Å². The van der Waals surface area contributed by atoms with Crippen LogP contribution in [0.4, 0.5) is 0 Å². The molecule has 1 aromatic carbocycles. The number of H-pyrrole nitrogens is 1. The van der Waals surface area contributed by atoms with Crippen LogP contribution in [-0.2, 0) is 22.7 Å². The third-order valence-corrected chi connectivity index (χ3v) is 3.22. The van der Waals surface area contributed by atoms with Crippen LogP contribution in [0.5, 0.6) is 5.75 Å². The molecular formula is C17H18N2O5. The zero-order valence-electron chi connectivity index (χ0n) is 13.0. The van der Waals surface area contributed by atoms with Crippen LogP contribution in [0, 0.1) is 0 Å². The lowest BCUT2D eigenvalue weighted by Crippen LogP contribution is -2.24. The van der Waals surface area contributed by atoms with Crippen LogP contribution in [0.1, 0.15) is 24.1 Å². The van der Waals surface area contributed by atoms with Crippen molar-refractivity contribution >= 4 is 11.9 Å². The summed E-state index contributed by atoms with van der Waals surface area (Å²) in [6, 6.07) is 10.8. The second-order valence-corrected chi connectivity index (χ2v) is 5.13. The smallest absolute Gasteiger partial charge is 0.303 e. The number of aromatic nitrogens is 1. The highest BCUT2D eigenvalue weighted by atomic mass is 16.5. The number of hydrogen-bond acceptors (Lipinski definition) is 4. The fourth-order valence-corrected chi connectivity index (χ4v) is 1.95. The summed E-state index contributed by atoms with van der Waals surface area (Å²) in [7, 11) is 0. The molecule has 7 heteroatoms. The van der Waals surface area contributed by atoms with E-state index < -0.39 is 5.97 Å². The molecule has 2 aromatic rings. The zero-order valence-corrected chi connectivity index (χ0v) is 13.0. The van der Waals surface area contributed by atoms with E-state index in [4.69, 9.17) is 9.84 Å². The molecule has 7 nitrogen and oxygen atoms in total.